The van der Waals surface area contributed by atoms with Gasteiger partial charge in [0, 0.05) is 22.2 Å². The number of hydrogen-bond acceptors (Lipinski definition) is 5. The zero-order valence-corrected chi connectivity index (χ0v) is 14.5. The molecule has 0 unspecified atom stereocenters. The summed E-state index contributed by atoms with van der Waals surface area (Å²) in [6.45, 7) is 3.16. The van der Waals surface area contributed by atoms with Gasteiger partial charge in [-0.25, -0.2) is 9.37 Å². The van der Waals surface area contributed by atoms with Crippen molar-refractivity contribution in [2.75, 3.05) is 5.32 Å². The number of halogens is 2. The molecule has 1 heterocycles. The summed E-state index contributed by atoms with van der Waals surface area (Å²) < 4.78 is 26.0. The average Bonchev–Trinajstić information content (AvgIpc) is 2.93. The number of anilines is 2. The fourth-order valence-corrected chi connectivity index (χ4v) is 2.84. The number of hydrogen-bond donors (Lipinski definition) is 1. The first-order valence-electron chi connectivity index (χ1n) is 6.73. The molecular formula is C16H12FIN2O3. The van der Waals surface area contributed by atoms with Crippen LogP contribution in [0, 0.1) is 16.3 Å². The van der Waals surface area contributed by atoms with E-state index in [4.69, 9.17) is 9.15 Å². The van der Waals surface area contributed by atoms with Crippen LogP contribution < -0.4 is 10.1 Å². The molecule has 0 aliphatic rings. The van der Waals surface area contributed by atoms with E-state index in [0.29, 0.717) is 5.69 Å². The molecule has 0 spiro atoms. The molecule has 1 aromatic heterocycles. The van der Waals surface area contributed by atoms with E-state index in [1.807, 2.05) is 25.1 Å². The number of ether oxygens (including phenoxy) is 1. The molecule has 118 valence electrons. The Morgan fingerprint density at radius 2 is 2.17 bits per heavy atom. The van der Waals surface area contributed by atoms with Crippen LogP contribution in [0.4, 0.5) is 15.8 Å². The first-order chi connectivity index (χ1) is 11.0. The molecule has 3 rings (SSSR count). The van der Waals surface area contributed by atoms with Gasteiger partial charge in [0.1, 0.15) is 11.2 Å². The number of aryl methyl sites for hydroxylation is 1. The number of nitrogens with one attached hydrogen (secondary N) is 1. The van der Waals surface area contributed by atoms with E-state index >= 15 is 0 Å². The number of esters is 1. The van der Waals surface area contributed by atoms with Crippen LogP contribution in [0.2, 0.25) is 0 Å². The lowest BCUT2D eigenvalue weighted by Gasteiger charge is -2.14. The summed E-state index contributed by atoms with van der Waals surface area (Å²) in [7, 11) is 0. The minimum Gasteiger partial charge on any atom is -0.440 e. The van der Waals surface area contributed by atoms with Crippen LogP contribution in [-0.2, 0) is 4.79 Å². The number of aromatic nitrogens is 1. The number of carbonyl (C=O) groups is 1. The van der Waals surface area contributed by atoms with Crippen molar-refractivity contribution in [2.45, 2.75) is 13.8 Å². The van der Waals surface area contributed by atoms with E-state index in [9.17, 15) is 9.18 Å². The van der Waals surface area contributed by atoms with Crippen molar-refractivity contribution in [3.63, 3.8) is 0 Å². The van der Waals surface area contributed by atoms with Crippen LogP contribution in [0.25, 0.3) is 11.1 Å². The molecule has 0 bridgehead atoms. The molecule has 3 aromatic rings. The number of fused-ring (bicyclic) bond motifs is 1. The van der Waals surface area contributed by atoms with Gasteiger partial charge in [-0.3, -0.25) is 4.79 Å². The van der Waals surface area contributed by atoms with Crippen LogP contribution in [0.3, 0.4) is 0 Å². The van der Waals surface area contributed by atoms with Gasteiger partial charge < -0.3 is 14.5 Å². The van der Waals surface area contributed by atoms with Gasteiger partial charge in [-0.05, 0) is 53.3 Å². The molecule has 2 aromatic carbocycles. The van der Waals surface area contributed by atoms with Gasteiger partial charge in [0.25, 0.3) is 0 Å². The normalized spacial score (nSPS) is 10.8. The highest BCUT2D eigenvalue weighted by Crippen LogP contribution is 2.37. The molecule has 7 heteroatoms. The molecule has 0 radical (unpaired) electrons. The summed E-state index contributed by atoms with van der Waals surface area (Å²) in [4.78, 5) is 15.2. The Morgan fingerprint density at radius 1 is 1.39 bits per heavy atom. The Morgan fingerprint density at radius 3 is 2.87 bits per heavy atom. The monoisotopic (exact) mass is 426 g/mol. The molecule has 0 aliphatic heterocycles. The number of oxazole rings is 1. The van der Waals surface area contributed by atoms with Crippen molar-refractivity contribution >= 4 is 51.0 Å². The highest BCUT2D eigenvalue weighted by molar-refractivity contribution is 14.1. The van der Waals surface area contributed by atoms with Crippen LogP contribution in [0.5, 0.6) is 5.75 Å². The third-order valence-electron chi connectivity index (χ3n) is 3.23. The number of rotatable bonds is 3. The summed E-state index contributed by atoms with van der Waals surface area (Å²) >= 11 is 2.20. The predicted octanol–water partition coefficient (Wildman–Crippen LogP) is 4.55. The van der Waals surface area contributed by atoms with Crippen LogP contribution in [-0.4, -0.2) is 11.0 Å². The fourth-order valence-electron chi connectivity index (χ4n) is 2.19. The maximum Gasteiger partial charge on any atom is 0.308 e. The molecule has 5 nitrogen and oxygen atoms in total. The Kier molecular flexibility index (Phi) is 4.20. The Bertz CT molecular complexity index is 908. The van der Waals surface area contributed by atoms with E-state index in [-0.39, 0.29) is 22.5 Å². The smallest absolute Gasteiger partial charge is 0.308 e. The molecule has 0 atom stereocenters. The molecule has 0 amide bonds. The molecule has 1 N–H and O–H groups in total. The molecule has 23 heavy (non-hydrogen) atoms. The Hall–Kier alpha value is -2.16. The van der Waals surface area contributed by atoms with Crippen molar-refractivity contribution in [1.29, 1.82) is 0 Å². The average molecular weight is 426 g/mol. The van der Waals surface area contributed by atoms with Crippen LogP contribution in [0.1, 0.15) is 12.5 Å². The minimum absolute atomic E-state index is 0.00608. The van der Waals surface area contributed by atoms with Crippen molar-refractivity contribution in [2.24, 2.45) is 0 Å². The van der Waals surface area contributed by atoms with Gasteiger partial charge in [-0.15, -0.1) is 0 Å². The molecule has 0 saturated carbocycles. The van der Waals surface area contributed by atoms with Crippen LogP contribution in [0.15, 0.2) is 35.1 Å². The first kappa shape index (κ1) is 15.7. The number of carbonyl (C=O) groups excluding carboxylic acids is 1. The zero-order chi connectivity index (χ0) is 16.6. The van der Waals surface area contributed by atoms with E-state index in [0.717, 1.165) is 15.5 Å². The van der Waals surface area contributed by atoms with E-state index in [2.05, 4.69) is 32.9 Å². The molecule has 0 aliphatic carbocycles. The molecule has 0 fully saturated rings. The van der Waals surface area contributed by atoms with E-state index in [1.165, 1.54) is 13.0 Å². The topological polar surface area (TPSA) is 64.4 Å². The second-order valence-corrected chi connectivity index (χ2v) is 6.19. The first-order valence-corrected chi connectivity index (χ1v) is 7.81. The highest BCUT2D eigenvalue weighted by Gasteiger charge is 2.20. The lowest BCUT2D eigenvalue weighted by molar-refractivity contribution is -0.131. The van der Waals surface area contributed by atoms with Gasteiger partial charge in [-0.1, -0.05) is 0 Å². The van der Waals surface area contributed by atoms with Gasteiger partial charge in [0.05, 0.1) is 0 Å². The van der Waals surface area contributed by atoms with E-state index in [1.54, 1.807) is 0 Å². The molecular weight excluding hydrogens is 414 g/mol. The summed E-state index contributed by atoms with van der Waals surface area (Å²) in [6, 6.07) is 7.15. The van der Waals surface area contributed by atoms with Crippen LogP contribution >= 0.6 is 22.6 Å². The third-order valence-corrected chi connectivity index (χ3v) is 3.90. The maximum absolute atomic E-state index is 14.7. The Labute approximate surface area is 145 Å². The lowest BCUT2D eigenvalue weighted by atomic mass is 10.2. The van der Waals surface area contributed by atoms with Gasteiger partial charge >= 0.3 is 5.97 Å². The van der Waals surface area contributed by atoms with Gasteiger partial charge in [-0.2, -0.15) is 0 Å². The summed E-state index contributed by atoms with van der Waals surface area (Å²) in [5.74, 6) is -1.14. The van der Waals surface area contributed by atoms with Crippen molar-refractivity contribution in [3.8, 4) is 5.75 Å². The summed E-state index contributed by atoms with van der Waals surface area (Å²) in [5.41, 5.74) is 1.96. The molecule has 0 saturated heterocycles. The summed E-state index contributed by atoms with van der Waals surface area (Å²) in [5, 5.41) is 2.98. The fraction of sp³-hybridized carbons (Fsp3) is 0.125. The van der Waals surface area contributed by atoms with Gasteiger partial charge in [0.2, 0.25) is 0 Å². The third kappa shape index (κ3) is 3.14. The largest absolute Gasteiger partial charge is 0.440 e. The van der Waals surface area contributed by atoms with Crippen molar-refractivity contribution in [3.05, 3.63) is 45.6 Å². The van der Waals surface area contributed by atoms with Crippen molar-refractivity contribution in [1.82, 2.24) is 4.98 Å². The second kappa shape index (κ2) is 6.15. The summed E-state index contributed by atoms with van der Waals surface area (Å²) in [6.07, 6.45) is 1.14. The SMILES string of the molecule is CC(=O)Oc1cc2ncoc2c(F)c1Nc1ccc(I)cc1C. The quantitative estimate of drug-likeness (QED) is 0.378. The number of nitrogens with zero attached hydrogens (tertiary/aromatic N) is 1. The maximum atomic E-state index is 14.7. The number of benzene rings is 2. The highest BCUT2D eigenvalue weighted by atomic mass is 127. The lowest BCUT2D eigenvalue weighted by Crippen LogP contribution is -2.06. The zero-order valence-electron chi connectivity index (χ0n) is 12.3. The second-order valence-electron chi connectivity index (χ2n) is 4.94. The predicted molar refractivity (Wildman–Crippen MR) is 92.5 cm³/mol. The van der Waals surface area contributed by atoms with Gasteiger partial charge in [0.15, 0.2) is 23.5 Å². The Balaban J connectivity index is 2.13. The minimum atomic E-state index is -0.658. The van der Waals surface area contributed by atoms with Crippen molar-refractivity contribution < 1.29 is 18.3 Å². The standard InChI is InChI=1S/C16H12FIN2O3/c1-8-5-10(18)3-4-11(8)20-15-13(23-9(2)21)6-12-16(14(15)17)22-7-19-12/h3-7,20H,1-2H3. The van der Waals surface area contributed by atoms with E-state index < -0.39 is 11.8 Å².